The smallest absolute Gasteiger partial charge is 0.311 e. The highest BCUT2D eigenvalue weighted by Gasteiger charge is 2.33. The van der Waals surface area contributed by atoms with Gasteiger partial charge in [-0.15, -0.1) is 10.2 Å². The number of ether oxygens (including phenoxy) is 1. The minimum Gasteiger partial charge on any atom is -0.460 e. The van der Waals surface area contributed by atoms with Crippen molar-refractivity contribution in [3.63, 3.8) is 0 Å². The minimum atomic E-state index is -0.440. The van der Waals surface area contributed by atoms with Crippen molar-refractivity contribution < 1.29 is 9.53 Å². The van der Waals surface area contributed by atoms with E-state index in [-0.39, 0.29) is 11.9 Å². The SMILES string of the molecule is CN=C(NCC1CCc2nnc(C)n2C1)N1CCC(C(=O)OC(C)(C)C)C1. The standard InChI is InChI=1S/C19H32N6O2/c1-13-22-23-16-7-6-14(11-25(13)16)10-21-18(20-5)24-9-8-15(12-24)17(26)27-19(2,3)4/h14-15H,6-12H2,1-5H3,(H,20,21). The quantitative estimate of drug-likeness (QED) is 0.487. The Kier molecular flexibility index (Phi) is 5.72. The maximum atomic E-state index is 12.3. The molecule has 0 aliphatic carbocycles. The van der Waals surface area contributed by atoms with Crippen LogP contribution in [0.4, 0.5) is 0 Å². The van der Waals surface area contributed by atoms with E-state index in [4.69, 9.17) is 4.74 Å². The molecule has 1 aromatic heterocycles. The van der Waals surface area contributed by atoms with Crippen LogP contribution in [-0.2, 0) is 22.5 Å². The summed E-state index contributed by atoms with van der Waals surface area (Å²) in [5.74, 6) is 3.27. The lowest BCUT2D eigenvalue weighted by molar-refractivity contribution is -0.159. The molecule has 0 spiro atoms. The first-order valence-corrected chi connectivity index (χ1v) is 9.84. The van der Waals surface area contributed by atoms with E-state index in [1.54, 1.807) is 7.05 Å². The number of esters is 1. The largest absolute Gasteiger partial charge is 0.460 e. The molecule has 0 amide bonds. The van der Waals surface area contributed by atoms with Gasteiger partial charge in [0.15, 0.2) is 5.96 Å². The summed E-state index contributed by atoms with van der Waals surface area (Å²) in [5.41, 5.74) is -0.440. The fourth-order valence-electron chi connectivity index (χ4n) is 3.79. The first-order valence-electron chi connectivity index (χ1n) is 9.84. The van der Waals surface area contributed by atoms with Gasteiger partial charge in [0.1, 0.15) is 17.2 Å². The highest BCUT2D eigenvalue weighted by molar-refractivity contribution is 5.82. The molecule has 2 unspecified atom stereocenters. The topological polar surface area (TPSA) is 84.6 Å². The van der Waals surface area contributed by atoms with Crippen LogP contribution in [0.1, 0.15) is 45.3 Å². The van der Waals surface area contributed by atoms with E-state index in [1.807, 2.05) is 27.7 Å². The molecule has 2 aliphatic heterocycles. The van der Waals surface area contributed by atoms with Gasteiger partial charge in [-0.05, 0) is 46.5 Å². The number of carbonyl (C=O) groups excluding carboxylic acids is 1. The molecule has 1 aromatic rings. The van der Waals surface area contributed by atoms with Gasteiger partial charge >= 0.3 is 5.97 Å². The summed E-state index contributed by atoms with van der Waals surface area (Å²) in [6.07, 6.45) is 2.88. The van der Waals surface area contributed by atoms with Crippen molar-refractivity contribution in [2.45, 2.75) is 59.1 Å². The van der Waals surface area contributed by atoms with Gasteiger partial charge in [-0.3, -0.25) is 9.79 Å². The molecule has 8 nitrogen and oxygen atoms in total. The lowest BCUT2D eigenvalue weighted by atomic mass is 9.99. The van der Waals surface area contributed by atoms with Crippen molar-refractivity contribution in [3.8, 4) is 0 Å². The zero-order valence-corrected chi connectivity index (χ0v) is 17.2. The van der Waals surface area contributed by atoms with Crippen molar-refractivity contribution in [2.24, 2.45) is 16.8 Å². The summed E-state index contributed by atoms with van der Waals surface area (Å²) < 4.78 is 7.75. The van der Waals surface area contributed by atoms with Gasteiger partial charge in [0.2, 0.25) is 0 Å². The molecular weight excluding hydrogens is 344 g/mol. The van der Waals surface area contributed by atoms with E-state index in [9.17, 15) is 4.79 Å². The third-order valence-corrected chi connectivity index (χ3v) is 5.22. The monoisotopic (exact) mass is 376 g/mol. The van der Waals surface area contributed by atoms with Crippen LogP contribution < -0.4 is 5.32 Å². The Morgan fingerprint density at radius 1 is 1.30 bits per heavy atom. The average Bonchev–Trinajstić information content (AvgIpc) is 3.22. The van der Waals surface area contributed by atoms with Crippen LogP contribution in [0.15, 0.2) is 4.99 Å². The lowest BCUT2D eigenvalue weighted by Crippen LogP contribution is -2.43. The molecule has 0 bridgehead atoms. The summed E-state index contributed by atoms with van der Waals surface area (Å²) in [6, 6.07) is 0. The van der Waals surface area contributed by atoms with E-state index in [1.165, 1.54) is 0 Å². The molecule has 2 aliphatic rings. The van der Waals surface area contributed by atoms with Gasteiger partial charge in [0, 0.05) is 39.6 Å². The maximum Gasteiger partial charge on any atom is 0.311 e. The number of fused-ring (bicyclic) bond motifs is 1. The zero-order chi connectivity index (χ0) is 19.6. The van der Waals surface area contributed by atoms with Gasteiger partial charge in [0.05, 0.1) is 5.92 Å². The van der Waals surface area contributed by atoms with Crippen LogP contribution in [0.3, 0.4) is 0 Å². The molecule has 3 heterocycles. The second-order valence-electron chi connectivity index (χ2n) is 8.57. The molecule has 3 rings (SSSR count). The van der Waals surface area contributed by atoms with Gasteiger partial charge in [-0.2, -0.15) is 0 Å². The van der Waals surface area contributed by atoms with E-state index in [2.05, 4.69) is 30.0 Å². The first kappa shape index (κ1) is 19.6. The van der Waals surface area contributed by atoms with Crippen molar-refractivity contribution in [1.29, 1.82) is 0 Å². The van der Waals surface area contributed by atoms with Crippen molar-refractivity contribution >= 4 is 11.9 Å². The molecule has 1 fully saturated rings. The van der Waals surface area contributed by atoms with Gasteiger partial charge in [-0.25, -0.2) is 0 Å². The van der Waals surface area contributed by atoms with Crippen LogP contribution in [0.5, 0.6) is 0 Å². The van der Waals surface area contributed by atoms with E-state index in [0.29, 0.717) is 12.5 Å². The Balaban J connectivity index is 1.50. The van der Waals surface area contributed by atoms with Crippen LogP contribution in [0.25, 0.3) is 0 Å². The van der Waals surface area contributed by atoms with E-state index < -0.39 is 5.60 Å². The number of aliphatic imine (C=N–C) groups is 1. The van der Waals surface area contributed by atoms with E-state index >= 15 is 0 Å². The number of guanidine groups is 1. The zero-order valence-electron chi connectivity index (χ0n) is 17.2. The second kappa shape index (κ2) is 7.86. The second-order valence-corrected chi connectivity index (χ2v) is 8.57. The predicted molar refractivity (Wildman–Crippen MR) is 103 cm³/mol. The number of carbonyl (C=O) groups is 1. The molecule has 27 heavy (non-hydrogen) atoms. The Labute approximate surface area is 161 Å². The third kappa shape index (κ3) is 4.78. The first-order chi connectivity index (χ1) is 12.8. The number of nitrogens with zero attached hydrogens (tertiary/aromatic N) is 5. The van der Waals surface area contributed by atoms with E-state index in [0.717, 1.165) is 56.5 Å². The Morgan fingerprint density at radius 3 is 2.78 bits per heavy atom. The van der Waals surface area contributed by atoms with Crippen LogP contribution in [0, 0.1) is 18.8 Å². The summed E-state index contributed by atoms with van der Waals surface area (Å²) in [7, 11) is 1.80. The van der Waals surface area contributed by atoms with Crippen molar-refractivity contribution in [2.75, 3.05) is 26.7 Å². The molecule has 2 atom stereocenters. The number of hydrogen-bond acceptors (Lipinski definition) is 5. The fourth-order valence-corrected chi connectivity index (χ4v) is 3.79. The van der Waals surface area contributed by atoms with Crippen molar-refractivity contribution in [3.05, 3.63) is 11.6 Å². The van der Waals surface area contributed by atoms with Crippen LogP contribution >= 0.6 is 0 Å². The molecule has 0 aromatic carbocycles. The Morgan fingerprint density at radius 2 is 2.07 bits per heavy atom. The third-order valence-electron chi connectivity index (χ3n) is 5.22. The van der Waals surface area contributed by atoms with Crippen LogP contribution in [-0.4, -0.2) is 63.9 Å². The van der Waals surface area contributed by atoms with Crippen LogP contribution in [0.2, 0.25) is 0 Å². The molecule has 0 radical (unpaired) electrons. The summed E-state index contributed by atoms with van der Waals surface area (Å²) in [6.45, 7) is 11.0. The number of aryl methyl sites for hydroxylation is 2. The molecule has 150 valence electrons. The molecule has 8 heteroatoms. The number of likely N-dealkylation sites (tertiary alicyclic amines) is 1. The summed E-state index contributed by atoms with van der Waals surface area (Å²) >= 11 is 0. The Bertz CT molecular complexity index is 706. The summed E-state index contributed by atoms with van der Waals surface area (Å²) in [5, 5.41) is 11.9. The fraction of sp³-hybridized carbons (Fsp3) is 0.789. The Hall–Kier alpha value is -2.12. The normalized spacial score (nSPS) is 23.3. The molecular formula is C19H32N6O2. The number of nitrogens with one attached hydrogen (secondary N) is 1. The molecule has 1 N–H and O–H groups in total. The highest BCUT2D eigenvalue weighted by Crippen LogP contribution is 2.22. The molecule has 0 saturated carbocycles. The maximum absolute atomic E-state index is 12.3. The minimum absolute atomic E-state index is 0.0836. The van der Waals surface area contributed by atoms with Gasteiger partial charge in [0.25, 0.3) is 0 Å². The lowest BCUT2D eigenvalue weighted by Gasteiger charge is -2.27. The average molecular weight is 377 g/mol. The van der Waals surface area contributed by atoms with Gasteiger partial charge < -0.3 is 19.5 Å². The number of rotatable bonds is 3. The number of hydrogen-bond donors (Lipinski definition) is 1. The predicted octanol–water partition coefficient (Wildman–Crippen LogP) is 1.39. The van der Waals surface area contributed by atoms with Gasteiger partial charge in [-0.1, -0.05) is 0 Å². The highest BCUT2D eigenvalue weighted by atomic mass is 16.6. The van der Waals surface area contributed by atoms with Crippen molar-refractivity contribution in [1.82, 2.24) is 25.0 Å². The number of aromatic nitrogens is 3. The molecule has 1 saturated heterocycles. The summed E-state index contributed by atoms with van der Waals surface area (Å²) in [4.78, 5) is 18.9.